The zero-order valence-electron chi connectivity index (χ0n) is 32.2. The maximum Gasteiger partial charge on any atom is 0.306 e. The summed E-state index contributed by atoms with van der Waals surface area (Å²) in [5.74, 6) is -1.99. The van der Waals surface area contributed by atoms with Crippen molar-refractivity contribution >= 4 is 22.1 Å². The van der Waals surface area contributed by atoms with E-state index < -0.39 is 71.2 Å². The summed E-state index contributed by atoms with van der Waals surface area (Å²) >= 11 is 0. The van der Waals surface area contributed by atoms with Gasteiger partial charge in [0, 0.05) is 12.8 Å². The Balaban J connectivity index is 2.48. The van der Waals surface area contributed by atoms with E-state index in [1.165, 1.54) is 70.6 Å². The van der Waals surface area contributed by atoms with Crippen molar-refractivity contribution in [2.24, 2.45) is 0 Å². The average Bonchev–Trinajstić information content (AvgIpc) is 3.10. The number of aliphatic hydroxyl groups excluding tert-OH is 3. The second-order valence-corrected chi connectivity index (χ2v) is 15.8. The highest BCUT2D eigenvalue weighted by molar-refractivity contribution is 7.85. The van der Waals surface area contributed by atoms with Gasteiger partial charge in [-0.3, -0.25) is 14.1 Å². The molecular weight excluding hydrogens is 692 g/mol. The van der Waals surface area contributed by atoms with E-state index in [0.29, 0.717) is 12.8 Å². The lowest BCUT2D eigenvalue weighted by Gasteiger charge is -2.40. The zero-order chi connectivity index (χ0) is 38.5. The standard InChI is InChI=1S/C39H72O12S/c1-3-5-7-9-11-13-14-15-16-17-18-20-21-23-25-27-34(40)48-29-32(50-35(41)28-26-24-22-19-12-10-8-6-4-2)30-49-39-38(44)37(43)36(42)33(51-39)31-52(45,46)47/h15-16,32-33,36-39,42-44H,3-14,17-31H2,1-2H3,(H,45,46,47)/b16-15+/t32-,33-,36-,37?,38?,39+/m1/s1. The first-order valence-corrected chi connectivity index (χ1v) is 21.9. The van der Waals surface area contributed by atoms with Crippen LogP contribution in [0.3, 0.4) is 0 Å². The van der Waals surface area contributed by atoms with Crippen LogP contribution in [-0.4, -0.2) is 96.0 Å². The lowest BCUT2D eigenvalue weighted by atomic mass is 10.00. The Morgan fingerprint density at radius 2 is 1.10 bits per heavy atom. The minimum absolute atomic E-state index is 0.166. The highest BCUT2D eigenvalue weighted by Crippen LogP contribution is 2.24. The monoisotopic (exact) mass is 764 g/mol. The number of ether oxygens (including phenoxy) is 4. The molecule has 2 unspecified atom stereocenters. The third-order valence-electron chi connectivity index (χ3n) is 9.35. The van der Waals surface area contributed by atoms with Crippen LogP contribution in [0.5, 0.6) is 0 Å². The first-order valence-electron chi connectivity index (χ1n) is 20.2. The highest BCUT2D eigenvalue weighted by atomic mass is 32.2. The number of allylic oxidation sites excluding steroid dienone is 2. The predicted octanol–water partition coefficient (Wildman–Crippen LogP) is 7.11. The van der Waals surface area contributed by atoms with Crippen LogP contribution >= 0.6 is 0 Å². The number of carbonyl (C=O) groups excluding carboxylic acids is 2. The van der Waals surface area contributed by atoms with Gasteiger partial charge in [0.05, 0.1) is 6.61 Å². The molecule has 0 aromatic carbocycles. The molecule has 0 radical (unpaired) electrons. The van der Waals surface area contributed by atoms with Gasteiger partial charge in [-0.1, -0.05) is 129 Å². The number of rotatable bonds is 33. The third kappa shape index (κ3) is 25.4. The van der Waals surface area contributed by atoms with E-state index in [1.54, 1.807) is 0 Å². The van der Waals surface area contributed by atoms with Crippen molar-refractivity contribution in [2.75, 3.05) is 19.0 Å². The van der Waals surface area contributed by atoms with E-state index in [9.17, 15) is 37.9 Å². The first kappa shape index (κ1) is 48.4. The Morgan fingerprint density at radius 3 is 1.60 bits per heavy atom. The molecule has 0 spiro atoms. The van der Waals surface area contributed by atoms with Crippen LogP contribution in [0.15, 0.2) is 12.2 Å². The molecule has 1 aliphatic heterocycles. The van der Waals surface area contributed by atoms with Crippen molar-refractivity contribution in [3.8, 4) is 0 Å². The minimum atomic E-state index is -4.59. The molecule has 52 heavy (non-hydrogen) atoms. The molecule has 1 rings (SSSR count). The second kappa shape index (κ2) is 30.7. The van der Waals surface area contributed by atoms with Gasteiger partial charge in [0.1, 0.15) is 36.8 Å². The fraction of sp³-hybridized carbons (Fsp3) is 0.897. The van der Waals surface area contributed by atoms with Crippen LogP contribution in [-0.2, 0) is 38.7 Å². The summed E-state index contributed by atoms with van der Waals surface area (Å²) in [7, 11) is -4.59. The highest BCUT2D eigenvalue weighted by Gasteiger charge is 2.46. The Morgan fingerprint density at radius 1 is 0.635 bits per heavy atom. The van der Waals surface area contributed by atoms with Crippen molar-refractivity contribution in [1.29, 1.82) is 0 Å². The molecule has 0 bridgehead atoms. The SMILES string of the molecule is CCCCCCCC/C=C/CCCCCCCC(=O)OC[C@H](CO[C@H]1O[C@H](CS(=O)(=O)O)[C@@H](O)C(O)C1O)OC(=O)CCCCCCCCCCC. The number of unbranched alkanes of at least 4 members (excludes halogenated alkanes) is 19. The molecule has 0 amide bonds. The molecular formula is C39H72O12S. The average molecular weight is 765 g/mol. The fourth-order valence-electron chi connectivity index (χ4n) is 6.14. The van der Waals surface area contributed by atoms with Crippen molar-refractivity contribution < 1.29 is 56.8 Å². The molecule has 1 aliphatic rings. The number of carbonyl (C=O) groups is 2. The van der Waals surface area contributed by atoms with Crippen LogP contribution < -0.4 is 0 Å². The lowest BCUT2D eigenvalue weighted by molar-refractivity contribution is -0.297. The Labute approximate surface area is 314 Å². The van der Waals surface area contributed by atoms with E-state index in [0.717, 1.165) is 57.8 Å². The summed E-state index contributed by atoms with van der Waals surface area (Å²) in [4.78, 5) is 25.2. The minimum Gasteiger partial charge on any atom is -0.462 e. The van der Waals surface area contributed by atoms with Gasteiger partial charge in [-0.15, -0.1) is 0 Å². The van der Waals surface area contributed by atoms with Crippen LogP contribution in [0, 0.1) is 0 Å². The van der Waals surface area contributed by atoms with Gasteiger partial charge in [0.25, 0.3) is 10.1 Å². The molecule has 1 saturated heterocycles. The van der Waals surface area contributed by atoms with E-state index in [2.05, 4.69) is 26.0 Å². The van der Waals surface area contributed by atoms with Gasteiger partial charge in [-0.25, -0.2) is 0 Å². The Kier molecular flexibility index (Phi) is 28.6. The van der Waals surface area contributed by atoms with Gasteiger partial charge in [-0.2, -0.15) is 8.42 Å². The molecule has 0 aromatic rings. The molecule has 306 valence electrons. The topological polar surface area (TPSA) is 186 Å². The van der Waals surface area contributed by atoms with Crippen molar-refractivity contribution in [3.05, 3.63) is 12.2 Å². The van der Waals surface area contributed by atoms with Crippen molar-refractivity contribution in [2.45, 2.75) is 205 Å². The van der Waals surface area contributed by atoms with Gasteiger partial charge in [0.2, 0.25) is 0 Å². The molecule has 0 aliphatic carbocycles. The number of hydrogen-bond acceptors (Lipinski definition) is 11. The zero-order valence-corrected chi connectivity index (χ0v) is 33.0. The van der Waals surface area contributed by atoms with E-state index in [1.807, 2.05) is 0 Å². The lowest BCUT2D eigenvalue weighted by Crippen LogP contribution is -2.60. The van der Waals surface area contributed by atoms with Gasteiger partial charge >= 0.3 is 11.9 Å². The molecule has 1 fully saturated rings. The first-order chi connectivity index (χ1) is 25.0. The van der Waals surface area contributed by atoms with Gasteiger partial charge in [-0.05, 0) is 38.5 Å². The molecule has 12 nitrogen and oxygen atoms in total. The maximum absolute atomic E-state index is 12.7. The van der Waals surface area contributed by atoms with E-state index >= 15 is 0 Å². The maximum atomic E-state index is 12.7. The summed E-state index contributed by atoms with van der Waals surface area (Å²) in [6, 6.07) is 0. The number of hydrogen-bond donors (Lipinski definition) is 4. The summed E-state index contributed by atoms with van der Waals surface area (Å²) in [6.07, 6.45) is 19.9. The molecule has 0 saturated carbocycles. The Bertz CT molecular complexity index is 1040. The van der Waals surface area contributed by atoms with Crippen LogP contribution in [0.1, 0.15) is 168 Å². The molecule has 0 aromatic heterocycles. The fourth-order valence-corrected chi connectivity index (χ4v) is 6.83. The van der Waals surface area contributed by atoms with Crippen LogP contribution in [0.25, 0.3) is 0 Å². The van der Waals surface area contributed by atoms with Gasteiger partial charge in [0.15, 0.2) is 12.4 Å². The molecule has 6 atom stereocenters. The smallest absolute Gasteiger partial charge is 0.306 e. The molecule has 1 heterocycles. The quantitative estimate of drug-likeness (QED) is 0.0230. The summed E-state index contributed by atoms with van der Waals surface area (Å²) in [5, 5.41) is 30.7. The third-order valence-corrected chi connectivity index (χ3v) is 10.1. The van der Waals surface area contributed by atoms with E-state index in [4.69, 9.17) is 18.9 Å². The number of esters is 2. The molecule has 4 N–H and O–H groups in total. The largest absolute Gasteiger partial charge is 0.462 e. The summed E-state index contributed by atoms with van der Waals surface area (Å²) in [6.45, 7) is 3.70. The van der Waals surface area contributed by atoms with Crippen LogP contribution in [0.2, 0.25) is 0 Å². The van der Waals surface area contributed by atoms with Crippen molar-refractivity contribution in [1.82, 2.24) is 0 Å². The summed E-state index contributed by atoms with van der Waals surface area (Å²) in [5.41, 5.74) is 0. The number of aliphatic hydroxyl groups is 3. The van der Waals surface area contributed by atoms with Gasteiger partial charge < -0.3 is 34.3 Å². The predicted molar refractivity (Wildman–Crippen MR) is 201 cm³/mol. The second-order valence-electron chi connectivity index (χ2n) is 14.3. The Hall–Kier alpha value is -1.61. The summed E-state index contributed by atoms with van der Waals surface area (Å²) < 4.78 is 53.8. The van der Waals surface area contributed by atoms with Crippen LogP contribution in [0.4, 0.5) is 0 Å². The normalized spacial score (nSPS) is 21.4. The van der Waals surface area contributed by atoms with E-state index in [-0.39, 0.29) is 19.4 Å². The molecule has 13 heteroatoms. The van der Waals surface area contributed by atoms with Crippen molar-refractivity contribution in [3.63, 3.8) is 0 Å².